The van der Waals surface area contributed by atoms with E-state index < -0.39 is 11.1 Å². The molecule has 72 valence electrons. The van der Waals surface area contributed by atoms with Crippen LogP contribution in [-0.4, -0.2) is 0 Å². The molecule has 0 fully saturated rings. The van der Waals surface area contributed by atoms with Gasteiger partial charge in [-0.15, -0.1) is 11.1 Å². The van der Waals surface area contributed by atoms with E-state index in [1.165, 1.54) is 9.79 Å². The van der Waals surface area contributed by atoms with E-state index in [1.54, 1.807) is 0 Å². The molecule has 2 aromatic rings. The highest BCUT2D eigenvalue weighted by molar-refractivity contribution is 8.15. The van der Waals surface area contributed by atoms with Gasteiger partial charge in [-0.3, -0.25) is 5.14 Å². The molecular formula is C12H13NS. The van der Waals surface area contributed by atoms with Gasteiger partial charge in [0.1, 0.15) is 0 Å². The topological polar surface area (TPSA) is 26.0 Å². The van der Waals surface area contributed by atoms with Crippen LogP contribution in [0.25, 0.3) is 0 Å². The van der Waals surface area contributed by atoms with Gasteiger partial charge in [-0.25, -0.2) is 0 Å². The zero-order valence-electron chi connectivity index (χ0n) is 7.80. The van der Waals surface area contributed by atoms with Crippen LogP contribution in [0.1, 0.15) is 0 Å². The molecule has 0 aliphatic heterocycles. The summed E-state index contributed by atoms with van der Waals surface area (Å²) in [6.45, 7) is 0. The van der Waals surface area contributed by atoms with E-state index in [9.17, 15) is 0 Å². The normalized spacial score (nSPS) is 11.1. The van der Waals surface area contributed by atoms with Crippen LogP contribution >= 0.6 is 11.1 Å². The standard InChI is InChI=1S/C12H13NS/c13-14(11-7-3-1-4-8-11)12-9-5-2-6-10-12/h1-10,14H,13H2. The minimum atomic E-state index is -0.671. The van der Waals surface area contributed by atoms with Crippen molar-refractivity contribution in [2.75, 3.05) is 0 Å². The van der Waals surface area contributed by atoms with Crippen molar-refractivity contribution >= 4 is 11.1 Å². The molecule has 0 saturated carbocycles. The van der Waals surface area contributed by atoms with Crippen LogP contribution in [0.2, 0.25) is 0 Å². The lowest BCUT2D eigenvalue weighted by atomic mass is 10.4. The van der Waals surface area contributed by atoms with Gasteiger partial charge in [0.2, 0.25) is 0 Å². The minimum absolute atomic E-state index is 0.671. The summed E-state index contributed by atoms with van der Waals surface area (Å²) in [6, 6.07) is 20.5. The molecule has 0 spiro atoms. The highest BCUT2D eigenvalue weighted by Gasteiger charge is 2.01. The van der Waals surface area contributed by atoms with Gasteiger partial charge < -0.3 is 0 Å². The quantitative estimate of drug-likeness (QED) is 0.721. The van der Waals surface area contributed by atoms with Gasteiger partial charge in [0.25, 0.3) is 0 Å². The number of rotatable bonds is 2. The van der Waals surface area contributed by atoms with Crippen LogP contribution in [0.3, 0.4) is 0 Å². The largest absolute Gasteiger partial charge is 0.289 e. The highest BCUT2D eigenvalue weighted by atomic mass is 32.2. The van der Waals surface area contributed by atoms with Gasteiger partial charge in [-0.1, -0.05) is 36.4 Å². The summed E-state index contributed by atoms with van der Waals surface area (Å²) < 4.78 is 0. The lowest BCUT2D eigenvalue weighted by Crippen LogP contribution is -1.94. The predicted molar refractivity (Wildman–Crippen MR) is 62.6 cm³/mol. The SMILES string of the molecule is N[SH](c1ccccc1)c1ccccc1. The number of benzene rings is 2. The first kappa shape index (κ1) is 9.31. The Morgan fingerprint density at radius 2 is 1.00 bits per heavy atom. The van der Waals surface area contributed by atoms with Crippen LogP contribution in [0, 0.1) is 0 Å². The molecule has 0 amide bonds. The van der Waals surface area contributed by atoms with Crippen LogP contribution in [0.15, 0.2) is 70.5 Å². The number of hydrogen-bond acceptors (Lipinski definition) is 1. The lowest BCUT2D eigenvalue weighted by molar-refractivity contribution is 1.37. The van der Waals surface area contributed by atoms with E-state index >= 15 is 0 Å². The molecule has 0 heterocycles. The maximum atomic E-state index is 6.18. The van der Waals surface area contributed by atoms with Gasteiger partial charge >= 0.3 is 0 Å². The van der Waals surface area contributed by atoms with E-state index in [0.29, 0.717) is 0 Å². The maximum Gasteiger partial charge on any atom is 0.00350 e. The van der Waals surface area contributed by atoms with Crippen molar-refractivity contribution in [3.05, 3.63) is 60.7 Å². The molecule has 0 unspecified atom stereocenters. The Balaban J connectivity index is 2.30. The van der Waals surface area contributed by atoms with Gasteiger partial charge in [0.05, 0.1) is 0 Å². The summed E-state index contributed by atoms with van der Waals surface area (Å²) in [5.74, 6) is 0. The van der Waals surface area contributed by atoms with Gasteiger partial charge in [-0.2, -0.15) is 0 Å². The molecule has 0 saturated heterocycles. The fourth-order valence-electron chi connectivity index (χ4n) is 1.33. The van der Waals surface area contributed by atoms with Gasteiger partial charge in [-0.05, 0) is 24.3 Å². The van der Waals surface area contributed by atoms with Gasteiger partial charge in [0.15, 0.2) is 0 Å². The fraction of sp³-hybridized carbons (Fsp3) is 0. The summed E-state index contributed by atoms with van der Waals surface area (Å²) in [5, 5.41) is 6.18. The number of thiol groups is 1. The van der Waals surface area contributed by atoms with Crippen LogP contribution in [-0.2, 0) is 0 Å². The molecule has 0 atom stereocenters. The monoisotopic (exact) mass is 203 g/mol. The van der Waals surface area contributed by atoms with E-state index in [0.717, 1.165) is 0 Å². The average molecular weight is 203 g/mol. The Morgan fingerprint density at radius 1 is 0.643 bits per heavy atom. The Hall–Kier alpha value is -1.25. The minimum Gasteiger partial charge on any atom is -0.289 e. The van der Waals surface area contributed by atoms with Crippen molar-refractivity contribution in [3.8, 4) is 0 Å². The first-order valence-corrected chi connectivity index (χ1v) is 5.94. The highest BCUT2D eigenvalue weighted by Crippen LogP contribution is 2.36. The second-order valence-corrected chi connectivity index (χ2v) is 4.81. The third-order valence-corrected chi connectivity index (χ3v) is 3.78. The van der Waals surface area contributed by atoms with E-state index in [4.69, 9.17) is 5.14 Å². The molecule has 0 aromatic heterocycles. The molecule has 0 aliphatic rings. The molecule has 14 heavy (non-hydrogen) atoms. The molecule has 0 bridgehead atoms. The molecule has 0 radical (unpaired) electrons. The lowest BCUT2D eigenvalue weighted by Gasteiger charge is -2.16. The summed E-state index contributed by atoms with van der Waals surface area (Å²) in [6.07, 6.45) is 0. The zero-order chi connectivity index (χ0) is 9.80. The van der Waals surface area contributed by atoms with E-state index in [-0.39, 0.29) is 0 Å². The third-order valence-electron chi connectivity index (χ3n) is 2.07. The van der Waals surface area contributed by atoms with Crippen molar-refractivity contribution in [2.45, 2.75) is 9.79 Å². The first-order chi connectivity index (χ1) is 6.88. The second kappa shape index (κ2) is 4.31. The summed E-state index contributed by atoms with van der Waals surface area (Å²) in [5.41, 5.74) is 0. The molecule has 2 heteroatoms. The second-order valence-electron chi connectivity index (χ2n) is 3.04. The summed E-state index contributed by atoms with van der Waals surface area (Å²) in [7, 11) is 0. The molecule has 0 aliphatic carbocycles. The van der Waals surface area contributed by atoms with Crippen molar-refractivity contribution in [2.24, 2.45) is 5.14 Å². The van der Waals surface area contributed by atoms with Crippen molar-refractivity contribution in [1.82, 2.24) is 0 Å². The third kappa shape index (κ3) is 1.97. The van der Waals surface area contributed by atoms with E-state index in [1.807, 2.05) is 36.4 Å². The summed E-state index contributed by atoms with van der Waals surface area (Å²) >= 11 is -0.671. The zero-order valence-corrected chi connectivity index (χ0v) is 8.69. The predicted octanol–water partition coefficient (Wildman–Crippen LogP) is 2.98. The van der Waals surface area contributed by atoms with Crippen LogP contribution < -0.4 is 5.14 Å². The summed E-state index contributed by atoms with van der Waals surface area (Å²) in [4.78, 5) is 2.43. The Bertz CT molecular complexity index is 346. The maximum absolute atomic E-state index is 6.18. The molecule has 2 aromatic carbocycles. The van der Waals surface area contributed by atoms with Gasteiger partial charge in [0, 0.05) is 9.79 Å². The molecule has 1 nitrogen and oxygen atoms in total. The van der Waals surface area contributed by atoms with E-state index in [2.05, 4.69) is 24.3 Å². The molecular weight excluding hydrogens is 190 g/mol. The van der Waals surface area contributed by atoms with Crippen LogP contribution in [0.4, 0.5) is 0 Å². The Kier molecular flexibility index (Phi) is 2.87. The average Bonchev–Trinajstić information content (AvgIpc) is 2.30. The molecule has 2 rings (SSSR count). The molecule has 2 N–H and O–H groups in total. The fourth-order valence-corrected chi connectivity index (χ4v) is 2.61. The van der Waals surface area contributed by atoms with Crippen LogP contribution in [0.5, 0.6) is 0 Å². The van der Waals surface area contributed by atoms with Crippen molar-refractivity contribution < 1.29 is 0 Å². The van der Waals surface area contributed by atoms with Crippen molar-refractivity contribution in [1.29, 1.82) is 0 Å². The van der Waals surface area contributed by atoms with Crippen molar-refractivity contribution in [3.63, 3.8) is 0 Å². The Morgan fingerprint density at radius 3 is 1.36 bits per heavy atom. The number of hydrogen-bond donors (Lipinski definition) is 2. The Labute approximate surface area is 87.1 Å². The number of nitrogens with two attached hydrogens (primary N) is 1. The first-order valence-electron chi connectivity index (χ1n) is 4.53. The smallest absolute Gasteiger partial charge is 0.00350 e.